The Bertz CT molecular complexity index is 415. The van der Waals surface area contributed by atoms with Crippen molar-refractivity contribution in [3.63, 3.8) is 0 Å². The first-order valence-corrected chi connectivity index (χ1v) is 5.76. The molecule has 0 bridgehead atoms. The minimum atomic E-state index is -0.562. The first-order chi connectivity index (χ1) is 8.49. The zero-order valence-electron chi connectivity index (χ0n) is 10.4. The number of carbonyl (C=O) groups is 2. The van der Waals surface area contributed by atoms with Gasteiger partial charge in [-0.1, -0.05) is 17.7 Å². The van der Waals surface area contributed by atoms with E-state index in [1.165, 1.54) is 0 Å². The van der Waals surface area contributed by atoms with E-state index in [9.17, 15) is 9.59 Å². The molecule has 0 aliphatic rings. The van der Waals surface area contributed by atoms with Gasteiger partial charge < -0.3 is 16.2 Å². The van der Waals surface area contributed by atoms with Gasteiger partial charge in [0, 0.05) is 12.3 Å². The Morgan fingerprint density at radius 3 is 2.33 bits per heavy atom. The van der Waals surface area contributed by atoms with E-state index in [0.717, 1.165) is 11.3 Å². The van der Waals surface area contributed by atoms with E-state index in [2.05, 4.69) is 0 Å². The quantitative estimate of drug-likeness (QED) is 0.747. The molecule has 0 aliphatic carbocycles. The normalized spacial score (nSPS) is 11.8. The second kappa shape index (κ2) is 6.64. The monoisotopic (exact) mass is 250 g/mol. The molecule has 4 N–H and O–H groups in total. The molecule has 1 aromatic carbocycles. The maximum absolute atomic E-state index is 11.1. The van der Waals surface area contributed by atoms with Crippen molar-refractivity contribution in [3.8, 4) is 5.75 Å². The molecule has 0 saturated carbocycles. The Kier molecular flexibility index (Phi) is 5.17. The average Bonchev–Trinajstić information content (AvgIpc) is 2.29. The standard InChI is InChI=1S/C13H18N2O3/c1-9-2-4-11(5-3-9)18-7-6-10(13(15)17)8-12(14)16/h2-5,10H,6-8H2,1H3,(H2,14,16)(H2,15,17)/t10-/m1/s1. The summed E-state index contributed by atoms with van der Waals surface area (Å²) in [4.78, 5) is 21.8. The van der Waals surface area contributed by atoms with Gasteiger partial charge in [0.25, 0.3) is 0 Å². The van der Waals surface area contributed by atoms with Gasteiger partial charge in [0.15, 0.2) is 0 Å². The van der Waals surface area contributed by atoms with Crippen LogP contribution in [0.4, 0.5) is 0 Å². The van der Waals surface area contributed by atoms with E-state index in [1.807, 2.05) is 31.2 Å². The second-order valence-electron chi connectivity index (χ2n) is 4.22. The Morgan fingerprint density at radius 2 is 1.83 bits per heavy atom. The SMILES string of the molecule is Cc1ccc(OCC[C@H](CC(N)=O)C(N)=O)cc1. The van der Waals surface area contributed by atoms with Crippen molar-refractivity contribution in [1.82, 2.24) is 0 Å². The van der Waals surface area contributed by atoms with Crippen molar-refractivity contribution in [2.24, 2.45) is 17.4 Å². The van der Waals surface area contributed by atoms with Crippen LogP contribution in [0.1, 0.15) is 18.4 Å². The third-order valence-electron chi connectivity index (χ3n) is 2.61. The van der Waals surface area contributed by atoms with Gasteiger partial charge in [0.1, 0.15) is 5.75 Å². The molecule has 0 aromatic heterocycles. The largest absolute Gasteiger partial charge is 0.494 e. The topological polar surface area (TPSA) is 95.4 Å². The maximum Gasteiger partial charge on any atom is 0.221 e. The van der Waals surface area contributed by atoms with E-state index in [0.29, 0.717) is 13.0 Å². The number of amides is 2. The number of carbonyl (C=O) groups excluding carboxylic acids is 2. The summed E-state index contributed by atoms with van der Waals surface area (Å²) >= 11 is 0. The number of aryl methyl sites for hydroxylation is 1. The molecule has 2 amide bonds. The molecular formula is C13H18N2O3. The van der Waals surface area contributed by atoms with Crippen molar-refractivity contribution in [1.29, 1.82) is 0 Å². The first-order valence-electron chi connectivity index (χ1n) is 5.76. The fraction of sp³-hybridized carbons (Fsp3) is 0.385. The van der Waals surface area contributed by atoms with Crippen LogP contribution in [-0.2, 0) is 9.59 Å². The molecule has 0 unspecified atom stereocenters. The molecular weight excluding hydrogens is 232 g/mol. The summed E-state index contributed by atoms with van der Waals surface area (Å²) in [5, 5.41) is 0. The van der Waals surface area contributed by atoms with Gasteiger partial charge in [0.05, 0.1) is 6.61 Å². The predicted molar refractivity (Wildman–Crippen MR) is 67.8 cm³/mol. The van der Waals surface area contributed by atoms with Gasteiger partial charge in [0.2, 0.25) is 11.8 Å². The predicted octanol–water partition coefficient (Wildman–Crippen LogP) is 0.741. The van der Waals surface area contributed by atoms with Crippen LogP contribution in [0.15, 0.2) is 24.3 Å². The van der Waals surface area contributed by atoms with Crippen molar-refractivity contribution < 1.29 is 14.3 Å². The lowest BCUT2D eigenvalue weighted by atomic mass is 10.0. The molecule has 1 aromatic rings. The maximum atomic E-state index is 11.1. The zero-order chi connectivity index (χ0) is 13.5. The van der Waals surface area contributed by atoms with Gasteiger partial charge in [-0.2, -0.15) is 0 Å². The number of ether oxygens (including phenoxy) is 1. The van der Waals surface area contributed by atoms with Crippen LogP contribution in [0.3, 0.4) is 0 Å². The second-order valence-corrected chi connectivity index (χ2v) is 4.22. The van der Waals surface area contributed by atoms with E-state index in [-0.39, 0.29) is 6.42 Å². The smallest absolute Gasteiger partial charge is 0.221 e. The number of nitrogens with two attached hydrogens (primary N) is 2. The summed E-state index contributed by atoms with van der Waals surface area (Å²) in [7, 11) is 0. The number of primary amides is 2. The van der Waals surface area contributed by atoms with Gasteiger partial charge >= 0.3 is 0 Å². The van der Waals surface area contributed by atoms with Crippen LogP contribution in [0.25, 0.3) is 0 Å². The molecule has 1 atom stereocenters. The molecule has 5 heteroatoms. The highest BCUT2D eigenvalue weighted by atomic mass is 16.5. The molecule has 0 fully saturated rings. The Morgan fingerprint density at radius 1 is 1.22 bits per heavy atom. The van der Waals surface area contributed by atoms with Crippen LogP contribution in [0, 0.1) is 12.8 Å². The highest BCUT2D eigenvalue weighted by Gasteiger charge is 2.17. The molecule has 98 valence electrons. The highest BCUT2D eigenvalue weighted by molar-refractivity contribution is 5.83. The summed E-state index contributed by atoms with van der Waals surface area (Å²) in [6.07, 6.45) is 0.346. The van der Waals surface area contributed by atoms with Gasteiger partial charge in [-0.25, -0.2) is 0 Å². The third kappa shape index (κ3) is 4.86. The number of rotatable bonds is 7. The van der Waals surface area contributed by atoms with Crippen LogP contribution in [0.2, 0.25) is 0 Å². The summed E-state index contributed by atoms with van der Waals surface area (Å²) in [6.45, 7) is 2.31. The lowest BCUT2D eigenvalue weighted by molar-refractivity contribution is -0.127. The van der Waals surface area contributed by atoms with Gasteiger partial charge in [-0.3, -0.25) is 9.59 Å². The molecule has 5 nitrogen and oxygen atoms in total. The number of hydrogen-bond donors (Lipinski definition) is 2. The van der Waals surface area contributed by atoms with Crippen LogP contribution < -0.4 is 16.2 Å². The fourth-order valence-corrected chi connectivity index (χ4v) is 1.54. The highest BCUT2D eigenvalue weighted by Crippen LogP contribution is 2.14. The Labute approximate surface area is 106 Å². The van der Waals surface area contributed by atoms with E-state index in [1.54, 1.807) is 0 Å². The minimum absolute atomic E-state index is 0.0351. The lowest BCUT2D eigenvalue weighted by Crippen LogP contribution is -2.29. The molecule has 0 heterocycles. The van der Waals surface area contributed by atoms with Crippen molar-refractivity contribution >= 4 is 11.8 Å². The summed E-state index contributed by atoms with van der Waals surface area (Å²) in [6, 6.07) is 7.57. The summed E-state index contributed by atoms with van der Waals surface area (Å²) in [5.74, 6) is -0.897. The number of benzene rings is 1. The average molecular weight is 250 g/mol. The molecule has 0 radical (unpaired) electrons. The van der Waals surface area contributed by atoms with E-state index >= 15 is 0 Å². The molecule has 18 heavy (non-hydrogen) atoms. The van der Waals surface area contributed by atoms with Crippen molar-refractivity contribution in [2.75, 3.05) is 6.61 Å². The minimum Gasteiger partial charge on any atom is -0.494 e. The Hall–Kier alpha value is -2.04. The fourth-order valence-electron chi connectivity index (χ4n) is 1.54. The molecule has 1 rings (SSSR count). The third-order valence-corrected chi connectivity index (χ3v) is 2.61. The molecule has 0 spiro atoms. The van der Waals surface area contributed by atoms with Gasteiger partial charge in [-0.05, 0) is 25.5 Å². The van der Waals surface area contributed by atoms with Crippen LogP contribution in [0.5, 0.6) is 5.75 Å². The van der Waals surface area contributed by atoms with E-state index < -0.39 is 17.7 Å². The van der Waals surface area contributed by atoms with Crippen LogP contribution in [-0.4, -0.2) is 18.4 Å². The Balaban J connectivity index is 2.41. The number of hydrogen-bond acceptors (Lipinski definition) is 3. The van der Waals surface area contributed by atoms with E-state index in [4.69, 9.17) is 16.2 Å². The molecule has 0 saturated heterocycles. The van der Waals surface area contributed by atoms with Crippen LogP contribution >= 0.6 is 0 Å². The summed E-state index contributed by atoms with van der Waals surface area (Å²) < 4.78 is 5.46. The first kappa shape index (κ1) is 14.0. The van der Waals surface area contributed by atoms with Crippen molar-refractivity contribution in [3.05, 3.63) is 29.8 Å². The zero-order valence-corrected chi connectivity index (χ0v) is 10.4. The molecule has 0 aliphatic heterocycles. The lowest BCUT2D eigenvalue weighted by Gasteiger charge is -2.12. The summed E-state index contributed by atoms with van der Waals surface area (Å²) in [5.41, 5.74) is 11.4. The van der Waals surface area contributed by atoms with Crippen molar-refractivity contribution in [2.45, 2.75) is 19.8 Å². The van der Waals surface area contributed by atoms with Gasteiger partial charge in [-0.15, -0.1) is 0 Å².